The number of amides is 1. The van der Waals surface area contributed by atoms with Crippen LogP contribution in [0.4, 0.5) is 10.1 Å². The Bertz CT molecular complexity index is 1230. The normalized spacial score (nSPS) is 17.3. The van der Waals surface area contributed by atoms with E-state index in [1.807, 2.05) is 0 Å². The molecular formula is C26H20FNO5. The molecular weight excluding hydrogens is 425 g/mol. The molecule has 1 unspecified atom stereocenters. The van der Waals surface area contributed by atoms with Gasteiger partial charge in [-0.1, -0.05) is 42.5 Å². The highest BCUT2D eigenvalue weighted by molar-refractivity contribution is 6.51. The third kappa shape index (κ3) is 4.13. The lowest BCUT2D eigenvalue weighted by Crippen LogP contribution is -2.29. The predicted octanol–water partition coefficient (Wildman–Crippen LogP) is 4.63. The first-order valence-corrected chi connectivity index (χ1v) is 10.3. The third-order valence-electron chi connectivity index (χ3n) is 5.33. The van der Waals surface area contributed by atoms with Gasteiger partial charge in [-0.15, -0.1) is 0 Å². The summed E-state index contributed by atoms with van der Waals surface area (Å²) in [5.74, 6) is -3.01. The Labute approximate surface area is 189 Å². The minimum Gasteiger partial charge on any atom is -0.507 e. The quantitative estimate of drug-likeness (QED) is 0.268. The number of anilines is 1. The van der Waals surface area contributed by atoms with Crippen molar-refractivity contribution < 1.29 is 28.6 Å². The number of aliphatic hydroxyl groups is 1. The van der Waals surface area contributed by atoms with Crippen molar-refractivity contribution in [2.24, 2.45) is 0 Å². The Morgan fingerprint density at radius 3 is 2.18 bits per heavy atom. The number of aliphatic hydroxyl groups excluding tert-OH is 1. The molecule has 0 saturated carbocycles. The van der Waals surface area contributed by atoms with Crippen molar-refractivity contribution in [2.75, 3.05) is 11.5 Å². The highest BCUT2D eigenvalue weighted by Crippen LogP contribution is 2.42. The fraction of sp³-hybridized carbons (Fsp3) is 0.115. The Kier molecular flexibility index (Phi) is 6.04. The summed E-state index contributed by atoms with van der Waals surface area (Å²) in [6.45, 7) is 1.92. The number of rotatable bonds is 5. The summed E-state index contributed by atoms with van der Waals surface area (Å²) in [7, 11) is 0. The second-order valence-electron chi connectivity index (χ2n) is 7.35. The van der Waals surface area contributed by atoms with Crippen molar-refractivity contribution in [1.29, 1.82) is 0 Å². The fourth-order valence-electron chi connectivity index (χ4n) is 3.78. The molecule has 1 amide bonds. The average Bonchev–Trinajstić information content (AvgIpc) is 3.10. The molecule has 0 spiro atoms. The molecule has 3 aromatic carbocycles. The number of nitrogens with zero attached hydrogens (tertiary/aromatic N) is 1. The van der Waals surface area contributed by atoms with E-state index in [9.17, 15) is 23.9 Å². The topological polar surface area (TPSA) is 83.9 Å². The molecule has 1 aliphatic heterocycles. The summed E-state index contributed by atoms with van der Waals surface area (Å²) in [5.41, 5.74) is 1.35. The smallest absolute Gasteiger partial charge is 0.338 e. The first-order chi connectivity index (χ1) is 15.9. The van der Waals surface area contributed by atoms with Gasteiger partial charge in [0.2, 0.25) is 0 Å². The maximum Gasteiger partial charge on any atom is 0.338 e. The second-order valence-corrected chi connectivity index (χ2v) is 7.35. The third-order valence-corrected chi connectivity index (χ3v) is 5.33. The SMILES string of the molecule is CCOC(=O)c1ccc(N2C(=O)C(=O)/C(=C(/O)c3ccccc3)C2c2ccc(F)cc2)cc1. The number of esters is 1. The zero-order chi connectivity index (χ0) is 23.5. The van der Waals surface area contributed by atoms with Crippen LogP contribution >= 0.6 is 0 Å². The van der Waals surface area contributed by atoms with Gasteiger partial charge in [0.1, 0.15) is 11.6 Å². The van der Waals surface area contributed by atoms with Crippen molar-refractivity contribution in [1.82, 2.24) is 0 Å². The molecule has 1 N–H and O–H groups in total. The average molecular weight is 445 g/mol. The van der Waals surface area contributed by atoms with Gasteiger partial charge in [-0.05, 0) is 48.9 Å². The standard InChI is InChI=1S/C26H20FNO5/c1-2-33-26(32)18-10-14-20(15-11-18)28-22(16-8-12-19(27)13-9-16)21(24(30)25(28)31)23(29)17-6-4-3-5-7-17/h3-15,22,29H,2H2,1H3/b23-21+. The maximum absolute atomic E-state index is 13.6. The molecule has 33 heavy (non-hydrogen) atoms. The molecule has 0 aliphatic carbocycles. The fourth-order valence-corrected chi connectivity index (χ4v) is 3.78. The molecule has 6 nitrogen and oxygen atoms in total. The van der Waals surface area contributed by atoms with Crippen LogP contribution in [0.5, 0.6) is 0 Å². The molecule has 7 heteroatoms. The molecule has 0 bridgehead atoms. The number of ether oxygens (including phenoxy) is 1. The van der Waals surface area contributed by atoms with Gasteiger partial charge in [0, 0.05) is 11.3 Å². The second kappa shape index (κ2) is 9.08. The van der Waals surface area contributed by atoms with E-state index in [0.29, 0.717) is 22.4 Å². The van der Waals surface area contributed by atoms with Crippen LogP contribution < -0.4 is 4.90 Å². The molecule has 1 atom stereocenters. The van der Waals surface area contributed by atoms with Crippen LogP contribution in [0.15, 0.2) is 84.4 Å². The molecule has 1 heterocycles. The van der Waals surface area contributed by atoms with Crippen LogP contribution in [-0.2, 0) is 14.3 Å². The number of Topliss-reactive ketones (excluding diaryl/α,β-unsaturated/α-hetero) is 1. The van der Waals surface area contributed by atoms with E-state index in [0.717, 1.165) is 0 Å². The number of halogens is 1. The lowest BCUT2D eigenvalue weighted by molar-refractivity contribution is -0.132. The number of carbonyl (C=O) groups is 3. The summed E-state index contributed by atoms with van der Waals surface area (Å²) < 4.78 is 18.6. The summed E-state index contributed by atoms with van der Waals surface area (Å²) in [6, 6.07) is 18.8. The number of hydrogen-bond donors (Lipinski definition) is 1. The Morgan fingerprint density at radius 1 is 0.939 bits per heavy atom. The minimum atomic E-state index is -0.987. The van der Waals surface area contributed by atoms with Gasteiger partial charge in [-0.2, -0.15) is 0 Å². The monoisotopic (exact) mass is 445 g/mol. The van der Waals surface area contributed by atoms with Crippen LogP contribution in [0.3, 0.4) is 0 Å². The van der Waals surface area contributed by atoms with Gasteiger partial charge in [0.15, 0.2) is 0 Å². The first kappa shape index (κ1) is 22.0. The van der Waals surface area contributed by atoms with E-state index >= 15 is 0 Å². The molecule has 1 aliphatic rings. The molecule has 3 aromatic rings. The summed E-state index contributed by atoms with van der Waals surface area (Å²) in [4.78, 5) is 39.4. The number of hydrogen-bond acceptors (Lipinski definition) is 5. The largest absolute Gasteiger partial charge is 0.507 e. The lowest BCUT2D eigenvalue weighted by Gasteiger charge is -2.25. The first-order valence-electron chi connectivity index (χ1n) is 10.3. The van der Waals surface area contributed by atoms with Crippen molar-refractivity contribution >= 4 is 29.1 Å². The maximum atomic E-state index is 13.6. The summed E-state index contributed by atoms with van der Waals surface area (Å²) >= 11 is 0. The van der Waals surface area contributed by atoms with Crippen LogP contribution in [-0.4, -0.2) is 29.4 Å². The van der Waals surface area contributed by atoms with Crippen molar-refractivity contribution in [2.45, 2.75) is 13.0 Å². The van der Waals surface area contributed by atoms with Gasteiger partial charge < -0.3 is 9.84 Å². The summed E-state index contributed by atoms with van der Waals surface area (Å²) in [5, 5.41) is 11.0. The highest BCUT2D eigenvalue weighted by Gasteiger charge is 2.47. The Morgan fingerprint density at radius 2 is 1.58 bits per heavy atom. The van der Waals surface area contributed by atoms with E-state index in [4.69, 9.17) is 4.74 Å². The number of carbonyl (C=O) groups excluding carboxylic acids is 3. The number of benzene rings is 3. The van der Waals surface area contributed by atoms with Gasteiger partial charge in [0.25, 0.3) is 11.7 Å². The number of ketones is 1. The minimum absolute atomic E-state index is 0.104. The van der Waals surface area contributed by atoms with Gasteiger partial charge in [-0.25, -0.2) is 9.18 Å². The van der Waals surface area contributed by atoms with Crippen molar-refractivity contribution in [3.05, 3.63) is 107 Å². The van der Waals surface area contributed by atoms with Crippen molar-refractivity contribution in [3.63, 3.8) is 0 Å². The highest BCUT2D eigenvalue weighted by atomic mass is 19.1. The molecule has 4 rings (SSSR count). The van der Waals surface area contributed by atoms with Gasteiger partial charge in [-0.3, -0.25) is 14.5 Å². The van der Waals surface area contributed by atoms with Gasteiger partial charge >= 0.3 is 5.97 Å². The van der Waals surface area contributed by atoms with E-state index in [1.165, 1.54) is 53.4 Å². The zero-order valence-electron chi connectivity index (χ0n) is 17.7. The van der Waals surface area contributed by atoms with Crippen LogP contribution in [0, 0.1) is 5.82 Å². The summed E-state index contributed by atoms with van der Waals surface area (Å²) in [6.07, 6.45) is 0. The van der Waals surface area contributed by atoms with Crippen molar-refractivity contribution in [3.8, 4) is 0 Å². The molecule has 0 aromatic heterocycles. The molecule has 166 valence electrons. The van der Waals surface area contributed by atoms with Crippen LogP contribution in [0.25, 0.3) is 5.76 Å². The molecule has 1 saturated heterocycles. The van der Waals surface area contributed by atoms with E-state index < -0.39 is 29.5 Å². The van der Waals surface area contributed by atoms with Crippen LogP contribution in [0.1, 0.15) is 34.5 Å². The predicted molar refractivity (Wildman–Crippen MR) is 120 cm³/mol. The molecule has 0 radical (unpaired) electrons. The lowest BCUT2D eigenvalue weighted by atomic mass is 9.95. The zero-order valence-corrected chi connectivity index (χ0v) is 17.7. The van der Waals surface area contributed by atoms with E-state index in [-0.39, 0.29) is 17.9 Å². The molecule has 1 fully saturated rings. The van der Waals surface area contributed by atoms with Gasteiger partial charge in [0.05, 0.1) is 23.8 Å². The Hall–Kier alpha value is -4.26. The van der Waals surface area contributed by atoms with E-state index in [2.05, 4.69) is 0 Å². The van der Waals surface area contributed by atoms with Crippen LogP contribution in [0.2, 0.25) is 0 Å². The van der Waals surface area contributed by atoms with E-state index in [1.54, 1.807) is 37.3 Å². The Balaban J connectivity index is 1.85.